The fraction of sp³-hybridized carbons (Fsp3) is 0.231. The predicted octanol–water partition coefficient (Wildman–Crippen LogP) is 1.96. The molecule has 0 atom stereocenters. The highest BCUT2D eigenvalue weighted by atomic mass is 19.4. The minimum atomic E-state index is -4.33. The lowest BCUT2D eigenvalue weighted by Crippen LogP contribution is -2.35. The molecule has 21 heavy (non-hydrogen) atoms. The van der Waals surface area contributed by atoms with Crippen molar-refractivity contribution in [2.75, 3.05) is 18.4 Å². The Balaban J connectivity index is 1.91. The van der Waals surface area contributed by atoms with Gasteiger partial charge in [0.25, 0.3) is 0 Å². The minimum absolute atomic E-state index is 0.408. The second-order valence-electron chi connectivity index (χ2n) is 4.29. The SMILES string of the molecule is O=C(CNCC(F)(F)F)Nc1cccc(-n2ccnc2)c1. The summed E-state index contributed by atoms with van der Waals surface area (Å²) in [4.78, 5) is 15.4. The molecule has 2 aromatic rings. The van der Waals surface area contributed by atoms with Crippen LogP contribution in [0.4, 0.5) is 18.9 Å². The van der Waals surface area contributed by atoms with Crippen molar-refractivity contribution in [3.8, 4) is 5.69 Å². The average Bonchev–Trinajstić information content (AvgIpc) is 2.91. The number of halogens is 3. The van der Waals surface area contributed by atoms with Crippen LogP contribution < -0.4 is 10.6 Å². The Bertz CT molecular complexity index is 596. The molecule has 2 rings (SSSR count). The first-order valence-electron chi connectivity index (χ1n) is 6.10. The topological polar surface area (TPSA) is 59.0 Å². The minimum Gasteiger partial charge on any atom is -0.325 e. The van der Waals surface area contributed by atoms with Crippen LogP contribution >= 0.6 is 0 Å². The van der Waals surface area contributed by atoms with E-state index in [2.05, 4.69) is 10.3 Å². The smallest absolute Gasteiger partial charge is 0.325 e. The maximum atomic E-state index is 11.9. The van der Waals surface area contributed by atoms with Gasteiger partial charge in [0.2, 0.25) is 5.91 Å². The normalized spacial score (nSPS) is 11.4. The monoisotopic (exact) mass is 298 g/mol. The summed E-state index contributed by atoms with van der Waals surface area (Å²) in [6.07, 6.45) is 0.631. The Hall–Kier alpha value is -2.35. The molecule has 0 aliphatic heterocycles. The van der Waals surface area contributed by atoms with E-state index >= 15 is 0 Å². The Morgan fingerprint density at radius 1 is 1.33 bits per heavy atom. The third-order valence-electron chi connectivity index (χ3n) is 2.54. The van der Waals surface area contributed by atoms with Crippen molar-refractivity contribution >= 4 is 11.6 Å². The molecule has 0 saturated heterocycles. The number of nitrogens with zero attached hydrogens (tertiary/aromatic N) is 2. The van der Waals surface area contributed by atoms with E-state index in [1.54, 1.807) is 41.5 Å². The standard InChI is InChI=1S/C13H13F3N4O/c14-13(15,16)8-18-7-12(21)19-10-2-1-3-11(6-10)20-5-4-17-9-20/h1-6,9,18H,7-8H2,(H,19,21). The molecular weight excluding hydrogens is 285 g/mol. The molecule has 1 amide bonds. The van der Waals surface area contributed by atoms with Crippen LogP contribution in [0, 0.1) is 0 Å². The fourth-order valence-corrected chi connectivity index (χ4v) is 1.68. The van der Waals surface area contributed by atoms with Crippen molar-refractivity contribution in [1.29, 1.82) is 0 Å². The third kappa shape index (κ3) is 4.92. The van der Waals surface area contributed by atoms with Crippen molar-refractivity contribution in [3.63, 3.8) is 0 Å². The molecule has 112 valence electrons. The summed E-state index contributed by atoms with van der Waals surface area (Å²) in [5, 5.41) is 4.56. The first-order chi connectivity index (χ1) is 9.94. The van der Waals surface area contributed by atoms with E-state index in [-0.39, 0.29) is 0 Å². The van der Waals surface area contributed by atoms with Gasteiger partial charge in [-0.25, -0.2) is 4.98 Å². The van der Waals surface area contributed by atoms with Crippen molar-refractivity contribution in [2.45, 2.75) is 6.18 Å². The molecule has 1 aromatic heterocycles. The lowest BCUT2D eigenvalue weighted by molar-refractivity contribution is -0.126. The van der Waals surface area contributed by atoms with Crippen LogP contribution in [0.2, 0.25) is 0 Å². The molecule has 0 radical (unpaired) electrons. The van der Waals surface area contributed by atoms with Gasteiger partial charge < -0.3 is 15.2 Å². The number of hydrogen-bond acceptors (Lipinski definition) is 3. The zero-order chi connectivity index (χ0) is 15.3. The van der Waals surface area contributed by atoms with Crippen LogP contribution in [0.1, 0.15) is 0 Å². The highest BCUT2D eigenvalue weighted by molar-refractivity contribution is 5.92. The van der Waals surface area contributed by atoms with Gasteiger partial charge in [0.05, 0.1) is 19.4 Å². The maximum absolute atomic E-state index is 11.9. The van der Waals surface area contributed by atoms with Crippen LogP contribution in [0.25, 0.3) is 5.69 Å². The molecule has 8 heteroatoms. The Morgan fingerprint density at radius 3 is 2.81 bits per heavy atom. The van der Waals surface area contributed by atoms with E-state index in [0.717, 1.165) is 5.69 Å². The van der Waals surface area contributed by atoms with Crippen molar-refractivity contribution < 1.29 is 18.0 Å². The summed E-state index contributed by atoms with van der Waals surface area (Å²) < 4.78 is 37.6. The zero-order valence-electron chi connectivity index (χ0n) is 10.9. The molecule has 0 saturated carbocycles. The molecular formula is C13H13F3N4O. The van der Waals surface area contributed by atoms with Gasteiger partial charge >= 0.3 is 6.18 Å². The number of alkyl halides is 3. The number of imidazole rings is 1. The van der Waals surface area contributed by atoms with E-state index < -0.39 is 25.2 Å². The van der Waals surface area contributed by atoms with Gasteiger partial charge in [0, 0.05) is 23.8 Å². The number of aromatic nitrogens is 2. The molecule has 1 aromatic carbocycles. The third-order valence-corrected chi connectivity index (χ3v) is 2.54. The van der Waals surface area contributed by atoms with Crippen molar-refractivity contribution in [1.82, 2.24) is 14.9 Å². The van der Waals surface area contributed by atoms with Crippen LogP contribution in [-0.2, 0) is 4.79 Å². The predicted molar refractivity (Wildman–Crippen MR) is 71.1 cm³/mol. The first kappa shape index (κ1) is 15.0. The van der Waals surface area contributed by atoms with Gasteiger partial charge in [-0.15, -0.1) is 0 Å². The number of anilines is 1. The number of carbonyl (C=O) groups is 1. The Labute approximate surface area is 118 Å². The van der Waals surface area contributed by atoms with Gasteiger partial charge in [0.1, 0.15) is 0 Å². The van der Waals surface area contributed by atoms with E-state index in [1.807, 2.05) is 11.4 Å². The molecule has 5 nitrogen and oxygen atoms in total. The number of benzene rings is 1. The highest BCUT2D eigenvalue weighted by Crippen LogP contribution is 2.14. The van der Waals surface area contributed by atoms with Gasteiger partial charge in [-0.1, -0.05) is 6.07 Å². The lowest BCUT2D eigenvalue weighted by Gasteiger charge is -2.10. The fourth-order valence-electron chi connectivity index (χ4n) is 1.68. The molecule has 0 unspecified atom stereocenters. The number of rotatable bonds is 5. The Kier molecular flexibility index (Phi) is 4.59. The summed E-state index contributed by atoms with van der Waals surface area (Å²) in [5.74, 6) is -0.540. The second-order valence-corrected chi connectivity index (χ2v) is 4.29. The average molecular weight is 298 g/mol. The zero-order valence-corrected chi connectivity index (χ0v) is 10.9. The summed E-state index contributed by atoms with van der Waals surface area (Å²) in [5.41, 5.74) is 1.29. The Morgan fingerprint density at radius 2 is 2.14 bits per heavy atom. The molecule has 0 bridgehead atoms. The molecule has 1 heterocycles. The lowest BCUT2D eigenvalue weighted by atomic mass is 10.2. The first-order valence-corrected chi connectivity index (χ1v) is 6.10. The molecule has 0 spiro atoms. The second kappa shape index (κ2) is 6.40. The van der Waals surface area contributed by atoms with E-state index in [0.29, 0.717) is 5.69 Å². The quantitative estimate of drug-likeness (QED) is 0.887. The highest BCUT2D eigenvalue weighted by Gasteiger charge is 2.26. The van der Waals surface area contributed by atoms with Crippen LogP contribution in [0.15, 0.2) is 43.0 Å². The molecule has 0 fully saturated rings. The summed E-state index contributed by atoms with van der Waals surface area (Å²) in [6, 6.07) is 6.90. The van der Waals surface area contributed by atoms with E-state index in [1.165, 1.54) is 0 Å². The molecule has 2 N–H and O–H groups in total. The molecule has 0 aliphatic rings. The van der Waals surface area contributed by atoms with E-state index in [9.17, 15) is 18.0 Å². The van der Waals surface area contributed by atoms with Crippen molar-refractivity contribution in [3.05, 3.63) is 43.0 Å². The van der Waals surface area contributed by atoms with Crippen LogP contribution in [0.5, 0.6) is 0 Å². The van der Waals surface area contributed by atoms with E-state index in [4.69, 9.17) is 0 Å². The summed E-state index contributed by atoms with van der Waals surface area (Å²) in [6.45, 7) is -1.61. The van der Waals surface area contributed by atoms with Gasteiger partial charge in [-0.2, -0.15) is 13.2 Å². The number of amides is 1. The molecule has 0 aliphatic carbocycles. The van der Waals surface area contributed by atoms with Gasteiger partial charge in [-0.3, -0.25) is 4.79 Å². The van der Waals surface area contributed by atoms with Crippen LogP contribution in [0.3, 0.4) is 0 Å². The largest absolute Gasteiger partial charge is 0.401 e. The summed E-state index contributed by atoms with van der Waals surface area (Å²) in [7, 11) is 0. The number of carbonyl (C=O) groups excluding carboxylic acids is 1. The number of hydrogen-bond donors (Lipinski definition) is 2. The summed E-state index contributed by atoms with van der Waals surface area (Å²) >= 11 is 0. The van der Waals surface area contributed by atoms with Crippen LogP contribution in [-0.4, -0.2) is 34.7 Å². The van der Waals surface area contributed by atoms with Crippen molar-refractivity contribution in [2.24, 2.45) is 0 Å². The maximum Gasteiger partial charge on any atom is 0.401 e. The van der Waals surface area contributed by atoms with Gasteiger partial charge in [-0.05, 0) is 18.2 Å². The van der Waals surface area contributed by atoms with Gasteiger partial charge in [0.15, 0.2) is 0 Å². The number of nitrogens with one attached hydrogen (secondary N) is 2.